The zero-order valence-corrected chi connectivity index (χ0v) is 16.6. The fourth-order valence-corrected chi connectivity index (χ4v) is 5.56. The van der Waals surface area contributed by atoms with Gasteiger partial charge >= 0.3 is 0 Å². The van der Waals surface area contributed by atoms with Gasteiger partial charge in [-0.15, -0.1) is 0 Å². The Morgan fingerprint density at radius 3 is 0.920 bits per heavy atom. The molecule has 0 aromatic heterocycles. The van der Waals surface area contributed by atoms with E-state index in [0.29, 0.717) is 0 Å². The molecule has 0 aliphatic carbocycles. The molecule has 0 amide bonds. The van der Waals surface area contributed by atoms with E-state index in [1.807, 2.05) is 91.0 Å². The molecule has 0 radical (unpaired) electrons. The summed E-state index contributed by atoms with van der Waals surface area (Å²) in [6.45, 7) is 0. The largest absolute Gasteiger partial charge is 0.421 e. The van der Waals surface area contributed by atoms with Gasteiger partial charge in [0.2, 0.25) is 0 Å². The van der Waals surface area contributed by atoms with Crippen LogP contribution in [-0.4, -0.2) is 36.3 Å². The summed E-state index contributed by atoms with van der Waals surface area (Å²) in [5, 5.41) is 10.0. The van der Waals surface area contributed by atoms with Crippen molar-refractivity contribution >= 4 is 23.9 Å². The molecule has 25 heavy (non-hydrogen) atoms. The summed E-state index contributed by atoms with van der Waals surface area (Å²) in [6, 6.07) is 30.0. The molecule has 0 bridgehead atoms. The minimum absolute atomic E-state index is 0. The summed E-state index contributed by atoms with van der Waals surface area (Å²) in [4.78, 5) is 11.6. The summed E-state index contributed by atoms with van der Waals surface area (Å²) in [5.74, 6) is 0. The van der Waals surface area contributed by atoms with Gasteiger partial charge in [0.25, 0.3) is 8.32 Å². The minimum Gasteiger partial charge on any atom is -0.421 e. The van der Waals surface area contributed by atoms with Crippen LogP contribution in [-0.2, 0) is 21.7 Å². The average molecular weight is 392 g/mol. The van der Waals surface area contributed by atoms with Gasteiger partial charge in [-0.2, -0.15) is 0 Å². The average Bonchev–Trinajstić information content (AvgIpc) is 2.65. The first kappa shape index (κ1) is 25.7. The number of aliphatic hydroxyl groups excluding tert-OH is 1. The molecule has 0 spiro atoms. The molecule has 0 saturated heterocycles. The SMILES string of the molecule is CO.O.O.O[Si](c1ccccc1)(c1ccccc1)c1ccccc1.[Ti]. The number of aliphatic hydroxyl groups is 1. The van der Waals surface area contributed by atoms with E-state index in [1.54, 1.807) is 0 Å². The van der Waals surface area contributed by atoms with Crippen LogP contribution in [0, 0.1) is 0 Å². The fourth-order valence-electron chi connectivity index (χ4n) is 2.54. The summed E-state index contributed by atoms with van der Waals surface area (Å²) in [5.41, 5.74) is 0. The van der Waals surface area contributed by atoms with Crippen molar-refractivity contribution in [2.45, 2.75) is 0 Å². The Hall–Kier alpha value is -1.57. The maximum atomic E-state index is 11.6. The summed E-state index contributed by atoms with van der Waals surface area (Å²) in [6.07, 6.45) is 0. The molecule has 6 N–H and O–H groups in total. The van der Waals surface area contributed by atoms with Gasteiger partial charge in [-0.1, -0.05) is 91.0 Å². The van der Waals surface area contributed by atoms with E-state index in [1.165, 1.54) is 0 Å². The fraction of sp³-hybridized carbons (Fsp3) is 0.0526. The van der Waals surface area contributed by atoms with Gasteiger partial charge in [0.05, 0.1) is 0 Å². The standard InChI is InChI=1S/C18H16OSi.CH4O.2H2O.Ti/c19-20(16-10-4-1-5-11-16,17-12-6-2-7-13-17)18-14-8-3-9-15-18;1-2;;;/h1-15,19H;2H,1H3;2*1H2;. The first-order valence-corrected chi connectivity index (χ1v) is 9.10. The van der Waals surface area contributed by atoms with Crippen LogP contribution in [0.4, 0.5) is 0 Å². The summed E-state index contributed by atoms with van der Waals surface area (Å²) >= 11 is 0. The monoisotopic (exact) mass is 392 g/mol. The Morgan fingerprint density at radius 2 is 0.720 bits per heavy atom. The Kier molecular flexibility index (Phi) is 13.1. The number of hydrogen-bond acceptors (Lipinski definition) is 2. The quantitative estimate of drug-likeness (QED) is 0.468. The number of rotatable bonds is 3. The van der Waals surface area contributed by atoms with Crippen LogP contribution in [0.1, 0.15) is 0 Å². The van der Waals surface area contributed by atoms with Crippen LogP contribution in [0.5, 0.6) is 0 Å². The third-order valence-electron chi connectivity index (χ3n) is 3.57. The summed E-state index contributed by atoms with van der Waals surface area (Å²) in [7, 11) is -1.88. The third kappa shape index (κ3) is 5.73. The summed E-state index contributed by atoms with van der Waals surface area (Å²) < 4.78 is 0. The van der Waals surface area contributed by atoms with Crippen molar-refractivity contribution in [3.8, 4) is 0 Å². The second-order valence-electron chi connectivity index (χ2n) is 4.81. The first-order chi connectivity index (χ1) is 10.8. The van der Waals surface area contributed by atoms with Crippen molar-refractivity contribution in [1.82, 2.24) is 0 Å². The van der Waals surface area contributed by atoms with Crippen molar-refractivity contribution in [3.05, 3.63) is 91.0 Å². The molecule has 0 atom stereocenters. The van der Waals surface area contributed by atoms with Gasteiger partial charge in [0, 0.05) is 28.8 Å². The molecule has 4 nitrogen and oxygen atoms in total. The number of hydrogen-bond donors (Lipinski definition) is 2. The Morgan fingerprint density at radius 1 is 0.520 bits per heavy atom. The van der Waals surface area contributed by atoms with Crippen LogP contribution in [0.3, 0.4) is 0 Å². The predicted molar refractivity (Wildman–Crippen MR) is 102 cm³/mol. The van der Waals surface area contributed by atoms with Crippen LogP contribution in [0.15, 0.2) is 91.0 Å². The first-order valence-electron chi connectivity index (χ1n) is 7.15. The van der Waals surface area contributed by atoms with Gasteiger partial charge in [0.15, 0.2) is 0 Å². The molecule has 6 heteroatoms. The van der Waals surface area contributed by atoms with E-state index in [4.69, 9.17) is 5.11 Å². The van der Waals surface area contributed by atoms with Crippen molar-refractivity contribution in [1.29, 1.82) is 0 Å². The van der Waals surface area contributed by atoms with Gasteiger partial charge in [-0.25, -0.2) is 0 Å². The maximum Gasteiger partial charge on any atom is 0.285 e. The van der Waals surface area contributed by atoms with E-state index in [0.717, 1.165) is 22.7 Å². The second kappa shape index (κ2) is 12.7. The topological polar surface area (TPSA) is 103 Å². The maximum absolute atomic E-state index is 11.6. The van der Waals surface area contributed by atoms with E-state index < -0.39 is 8.32 Å². The molecule has 0 aliphatic rings. The molecule has 132 valence electrons. The van der Waals surface area contributed by atoms with Crippen LogP contribution < -0.4 is 15.6 Å². The molecule has 3 aromatic rings. The molecule has 0 unspecified atom stereocenters. The van der Waals surface area contributed by atoms with Gasteiger partial charge in [0.1, 0.15) is 0 Å². The molecular weight excluding hydrogens is 368 g/mol. The van der Waals surface area contributed by atoms with Crippen molar-refractivity contribution in [3.63, 3.8) is 0 Å². The van der Waals surface area contributed by atoms with Crippen LogP contribution in [0.25, 0.3) is 0 Å². The van der Waals surface area contributed by atoms with E-state index in [-0.39, 0.29) is 32.7 Å². The van der Waals surface area contributed by atoms with Gasteiger partial charge in [-0.05, 0) is 15.6 Å². The van der Waals surface area contributed by atoms with Crippen molar-refractivity contribution in [2.24, 2.45) is 0 Å². The van der Waals surface area contributed by atoms with Crippen LogP contribution >= 0.6 is 0 Å². The molecular formula is C19H24O4SiTi. The number of benzene rings is 3. The van der Waals surface area contributed by atoms with Gasteiger partial charge in [-0.3, -0.25) is 0 Å². The van der Waals surface area contributed by atoms with Crippen LogP contribution in [0.2, 0.25) is 0 Å². The third-order valence-corrected chi connectivity index (χ3v) is 7.08. The normalized spacial score (nSPS) is 9.24. The Balaban J connectivity index is 0. The molecule has 0 heterocycles. The Bertz CT molecular complexity index is 585. The van der Waals surface area contributed by atoms with E-state index >= 15 is 0 Å². The van der Waals surface area contributed by atoms with E-state index in [2.05, 4.69) is 0 Å². The Labute approximate surface area is 164 Å². The zero-order chi connectivity index (χ0) is 15.8. The van der Waals surface area contributed by atoms with E-state index in [9.17, 15) is 4.80 Å². The molecule has 3 aromatic carbocycles. The molecule has 0 fully saturated rings. The second-order valence-corrected chi connectivity index (χ2v) is 7.96. The van der Waals surface area contributed by atoms with Crippen molar-refractivity contribution in [2.75, 3.05) is 7.11 Å². The zero-order valence-electron chi connectivity index (χ0n) is 14.1. The molecule has 0 aliphatic heterocycles. The van der Waals surface area contributed by atoms with Gasteiger partial charge < -0.3 is 20.9 Å². The minimum atomic E-state index is -2.88. The smallest absolute Gasteiger partial charge is 0.285 e. The predicted octanol–water partition coefficient (Wildman–Crippen LogP) is -0.398. The molecule has 3 rings (SSSR count). The molecule has 0 saturated carbocycles. The van der Waals surface area contributed by atoms with Crippen molar-refractivity contribution < 1.29 is 42.6 Å².